The molecule has 2 aliphatic rings. The van der Waals surface area contributed by atoms with Crippen LogP contribution in [0.2, 0.25) is 0 Å². The van der Waals surface area contributed by atoms with Crippen molar-refractivity contribution < 1.29 is 13.5 Å². The number of hydrogen-bond donors (Lipinski definition) is 2. The van der Waals surface area contributed by atoms with Crippen molar-refractivity contribution in [2.75, 3.05) is 19.6 Å². The molecule has 2 fully saturated rings. The fraction of sp³-hybridized carbons (Fsp3) is 0.600. The molecular formula is C15H22N2O3S. The molecule has 3 N–H and O–H groups in total. The number of rotatable bonds is 4. The Kier molecular flexibility index (Phi) is 4.05. The minimum Gasteiger partial charge on any atom is -0.393 e. The van der Waals surface area contributed by atoms with Gasteiger partial charge in [0, 0.05) is 19.0 Å². The summed E-state index contributed by atoms with van der Waals surface area (Å²) in [4.78, 5) is 0.331. The van der Waals surface area contributed by atoms with Crippen LogP contribution in [0.4, 0.5) is 0 Å². The molecule has 1 aromatic carbocycles. The van der Waals surface area contributed by atoms with E-state index in [9.17, 15) is 13.5 Å². The molecule has 0 bridgehead atoms. The van der Waals surface area contributed by atoms with Crippen molar-refractivity contribution >= 4 is 10.0 Å². The number of aliphatic hydroxyl groups excluding tert-OH is 1. The van der Waals surface area contributed by atoms with Crippen molar-refractivity contribution in [3.63, 3.8) is 0 Å². The van der Waals surface area contributed by atoms with Crippen LogP contribution in [0.5, 0.6) is 0 Å². The highest BCUT2D eigenvalue weighted by Crippen LogP contribution is 2.40. The topological polar surface area (TPSA) is 83.6 Å². The highest BCUT2D eigenvalue weighted by molar-refractivity contribution is 7.89. The van der Waals surface area contributed by atoms with Crippen molar-refractivity contribution in [1.82, 2.24) is 4.31 Å². The van der Waals surface area contributed by atoms with Gasteiger partial charge in [-0.05, 0) is 49.4 Å². The van der Waals surface area contributed by atoms with Crippen molar-refractivity contribution in [1.29, 1.82) is 0 Å². The van der Waals surface area contributed by atoms with E-state index in [1.54, 1.807) is 12.1 Å². The van der Waals surface area contributed by atoms with Gasteiger partial charge in [-0.3, -0.25) is 0 Å². The molecule has 0 radical (unpaired) electrons. The number of fused-ring (bicyclic) bond motifs is 1. The maximum atomic E-state index is 12.7. The van der Waals surface area contributed by atoms with Crippen LogP contribution in [0.15, 0.2) is 29.2 Å². The largest absolute Gasteiger partial charge is 0.393 e. The molecule has 0 aromatic heterocycles. The average Bonchev–Trinajstić information content (AvgIpc) is 3.03. The third kappa shape index (κ3) is 2.73. The lowest BCUT2D eigenvalue weighted by molar-refractivity contribution is 0.129. The third-order valence-corrected chi connectivity index (χ3v) is 6.63. The van der Waals surface area contributed by atoms with Gasteiger partial charge in [-0.25, -0.2) is 8.42 Å². The molecule has 1 aliphatic carbocycles. The standard InChI is InChI=1S/C15H22N2O3S/c16-8-7-11-1-4-13(5-2-11)21(19,20)17-9-12-3-6-15(18)14(12)10-17/h1-2,4-5,12,14-15,18H,3,6-10,16H2. The molecule has 3 atom stereocenters. The number of benzene rings is 1. The van der Waals surface area contributed by atoms with Crippen LogP contribution < -0.4 is 5.73 Å². The van der Waals surface area contributed by atoms with Crippen molar-refractivity contribution in [2.24, 2.45) is 17.6 Å². The summed E-state index contributed by atoms with van der Waals surface area (Å²) in [6, 6.07) is 6.96. The first kappa shape index (κ1) is 15.0. The molecule has 1 heterocycles. The quantitative estimate of drug-likeness (QED) is 0.852. The summed E-state index contributed by atoms with van der Waals surface area (Å²) in [6.45, 7) is 1.53. The number of nitrogens with zero attached hydrogens (tertiary/aromatic N) is 1. The van der Waals surface area contributed by atoms with Crippen molar-refractivity contribution in [2.45, 2.75) is 30.3 Å². The molecule has 0 spiro atoms. The van der Waals surface area contributed by atoms with Crippen LogP contribution in [0.3, 0.4) is 0 Å². The number of sulfonamides is 1. The Morgan fingerprint density at radius 1 is 1.19 bits per heavy atom. The first-order chi connectivity index (χ1) is 10.0. The SMILES string of the molecule is NCCc1ccc(S(=O)(=O)N2CC3CCC(O)C3C2)cc1. The average molecular weight is 310 g/mol. The molecule has 0 amide bonds. The maximum Gasteiger partial charge on any atom is 0.243 e. The summed E-state index contributed by atoms with van der Waals surface area (Å²) in [7, 11) is -3.44. The number of aliphatic hydroxyl groups is 1. The summed E-state index contributed by atoms with van der Waals surface area (Å²) in [5.74, 6) is 0.419. The summed E-state index contributed by atoms with van der Waals surface area (Å²) in [5, 5.41) is 9.92. The molecule has 3 unspecified atom stereocenters. The predicted octanol–water partition coefficient (Wildman–Crippen LogP) is 0.579. The van der Waals surface area contributed by atoms with Gasteiger partial charge in [0.05, 0.1) is 11.0 Å². The van der Waals surface area contributed by atoms with Gasteiger partial charge < -0.3 is 10.8 Å². The Balaban J connectivity index is 1.78. The van der Waals surface area contributed by atoms with E-state index in [2.05, 4.69) is 0 Å². The Morgan fingerprint density at radius 2 is 1.90 bits per heavy atom. The Hall–Kier alpha value is -0.950. The Morgan fingerprint density at radius 3 is 2.52 bits per heavy atom. The summed E-state index contributed by atoms with van der Waals surface area (Å²) >= 11 is 0. The van der Waals surface area contributed by atoms with E-state index < -0.39 is 10.0 Å². The highest BCUT2D eigenvalue weighted by Gasteiger charge is 2.45. The fourth-order valence-electron chi connectivity index (χ4n) is 3.54. The van der Waals surface area contributed by atoms with E-state index in [4.69, 9.17) is 5.73 Å². The van der Waals surface area contributed by atoms with E-state index in [-0.39, 0.29) is 12.0 Å². The second-order valence-corrected chi connectivity index (χ2v) is 8.01. The van der Waals surface area contributed by atoms with Crippen molar-refractivity contribution in [3.05, 3.63) is 29.8 Å². The molecule has 3 rings (SSSR count). The van der Waals surface area contributed by atoms with Gasteiger partial charge in [-0.2, -0.15) is 4.31 Å². The molecule has 1 aromatic rings. The third-order valence-electron chi connectivity index (χ3n) is 4.78. The van der Waals surface area contributed by atoms with Gasteiger partial charge in [-0.15, -0.1) is 0 Å². The molecule has 5 nitrogen and oxygen atoms in total. The molecule has 21 heavy (non-hydrogen) atoms. The Labute approximate surface area is 125 Å². The van der Waals surface area contributed by atoms with E-state index in [1.807, 2.05) is 12.1 Å². The van der Waals surface area contributed by atoms with Gasteiger partial charge in [0.25, 0.3) is 0 Å². The van der Waals surface area contributed by atoms with Crippen LogP contribution in [0.1, 0.15) is 18.4 Å². The molecule has 116 valence electrons. The van der Waals surface area contributed by atoms with E-state index in [0.29, 0.717) is 30.4 Å². The molecule has 6 heteroatoms. The summed E-state index contributed by atoms with van der Waals surface area (Å²) in [5.41, 5.74) is 6.55. The van der Waals surface area contributed by atoms with Crippen molar-refractivity contribution in [3.8, 4) is 0 Å². The molecular weight excluding hydrogens is 288 g/mol. The molecule has 1 saturated carbocycles. The summed E-state index contributed by atoms with van der Waals surface area (Å²) < 4.78 is 26.9. The number of hydrogen-bond acceptors (Lipinski definition) is 4. The smallest absolute Gasteiger partial charge is 0.243 e. The highest BCUT2D eigenvalue weighted by atomic mass is 32.2. The van der Waals surface area contributed by atoms with E-state index in [0.717, 1.165) is 24.8 Å². The maximum absolute atomic E-state index is 12.7. The lowest BCUT2D eigenvalue weighted by atomic mass is 10.00. The zero-order valence-electron chi connectivity index (χ0n) is 12.0. The summed E-state index contributed by atoms with van der Waals surface area (Å²) in [6.07, 6.45) is 2.13. The minimum atomic E-state index is -3.44. The van der Waals surface area contributed by atoms with Gasteiger partial charge >= 0.3 is 0 Å². The lowest BCUT2D eigenvalue weighted by Gasteiger charge is -2.18. The molecule has 1 saturated heterocycles. The molecule has 1 aliphatic heterocycles. The second kappa shape index (κ2) is 5.68. The zero-order valence-corrected chi connectivity index (χ0v) is 12.8. The first-order valence-corrected chi connectivity index (χ1v) is 8.93. The van der Waals surface area contributed by atoms with Gasteiger partial charge in [0.15, 0.2) is 0 Å². The number of nitrogens with two attached hydrogens (primary N) is 1. The van der Waals surface area contributed by atoms with Crippen LogP contribution >= 0.6 is 0 Å². The van der Waals surface area contributed by atoms with Crippen LogP contribution in [-0.2, 0) is 16.4 Å². The predicted molar refractivity (Wildman–Crippen MR) is 80.2 cm³/mol. The zero-order chi connectivity index (χ0) is 15.0. The first-order valence-electron chi connectivity index (χ1n) is 7.49. The second-order valence-electron chi connectivity index (χ2n) is 6.07. The van der Waals surface area contributed by atoms with E-state index in [1.165, 1.54) is 4.31 Å². The van der Waals surface area contributed by atoms with Gasteiger partial charge in [-0.1, -0.05) is 12.1 Å². The fourth-order valence-corrected chi connectivity index (χ4v) is 5.07. The van der Waals surface area contributed by atoms with Crippen LogP contribution in [-0.4, -0.2) is 43.6 Å². The van der Waals surface area contributed by atoms with Crippen LogP contribution in [0, 0.1) is 11.8 Å². The van der Waals surface area contributed by atoms with Gasteiger partial charge in [0.2, 0.25) is 10.0 Å². The normalized spacial score (nSPS) is 29.7. The van der Waals surface area contributed by atoms with E-state index >= 15 is 0 Å². The Bertz CT molecular complexity index is 600. The van der Waals surface area contributed by atoms with Crippen LogP contribution in [0.25, 0.3) is 0 Å². The lowest BCUT2D eigenvalue weighted by Crippen LogP contribution is -2.31. The monoisotopic (exact) mass is 310 g/mol. The van der Waals surface area contributed by atoms with Gasteiger partial charge in [0.1, 0.15) is 0 Å². The minimum absolute atomic E-state index is 0.108.